The minimum Gasteiger partial charge on any atom is -0.381 e. The normalized spacial score (nSPS) is 30.4. The number of amides is 1. The number of nitrogens with one attached hydrogen (secondary N) is 2. The number of carbonyl (C=O) groups is 1. The van der Waals surface area contributed by atoms with E-state index in [1.165, 1.54) is 6.42 Å². The zero-order valence-electron chi connectivity index (χ0n) is 10.7. The fourth-order valence-electron chi connectivity index (χ4n) is 2.69. The summed E-state index contributed by atoms with van der Waals surface area (Å²) in [7, 11) is 0. The maximum absolute atomic E-state index is 11.8. The van der Waals surface area contributed by atoms with E-state index in [0.29, 0.717) is 18.3 Å². The number of carbonyl (C=O) groups excluding carboxylic acids is 1. The quantitative estimate of drug-likeness (QED) is 0.751. The first-order valence-electron chi connectivity index (χ1n) is 6.83. The highest BCUT2D eigenvalue weighted by Crippen LogP contribution is 2.17. The van der Waals surface area contributed by atoms with Gasteiger partial charge in [-0.25, -0.2) is 0 Å². The van der Waals surface area contributed by atoms with Crippen molar-refractivity contribution >= 4 is 5.91 Å². The Morgan fingerprint density at radius 3 is 3.06 bits per heavy atom. The van der Waals surface area contributed by atoms with Crippen molar-refractivity contribution in [2.75, 3.05) is 26.3 Å². The molecule has 0 aromatic rings. The predicted molar refractivity (Wildman–Crippen MR) is 66.7 cm³/mol. The van der Waals surface area contributed by atoms with Crippen LogP contribution in [0.2, 0.25) is 0 Å². The van der Waals surface area contributed by atoms with Crippen molar-refractivity contribution in [1.29, 1.82) is 0 Å². The minimum atomic E-state index is 0.205. The van der Waals surface area contributed by atoms with E-state index in [1.54, 1.807) is 0 Å². The summed E-state index contributed by atoms with van der Waals surface area (Å²) in [4.78, 5) is 11.8. The van der Waals surface area contributed by atoms with Gasteiger partial charge in [0.2, 0.25) is 5.91 Å². The molecule has 2 fully saturated rings. The van der Waals surface area contributed by atoms with Crippen molar-refractivity contribution in [3.63, 3.8) is 0 Å². The summed E-state index contributed by atoms with van der Waals surface area (Å²) in [5.74, 6) is 1.41. The van der Waals surface area contributed by atoms with E-state index in [9.17, 15) is 4.79 Å². The van der Waals surface area contributed by atoms with Gasteiger partial charge in [0.1, 0.15) is 0 Å². The van der Waals surface area contributed by atoms with Gasteiger partial charge in [0.15, 0.2) is 0 Å². The van der Waals surface area contributed by atoms with Crippen LogP contribution in [-0.4, -0.2) is 38.3 Å². The lowest BCUT2D eigenvalue weighted by molar-refractivity contribution is -0.122. The number of hydrogen-bond donors (Lipinski definition) is 2. The average Bonchev–Trinajstić information content (AvgIpc) is 2.99. The van der Waals surface area contributed by atoms with Crippen LogP contribution in [-0.2, 0) is 9.53 Å². The molecule has 2 aliphatic rings. The Bertz CT molecular complexity index is 246. The Kier molecular flexibility index (Phi) is 4.80. The summed E-state index contributed by atoms with van der Waals surface area (Å²) in [5.41, 5.74) is 0. The minimum absolute atomic E-state index is 0.205. The standard InChI is InChI=1S/C13H24N2O2/c1-10(12-5-7-17-9-12)15-13(16)3-2-11-4-6-14-8-11/h10-12,14H,2-9H2,1H3,(H,15,16). The fourth-order valence-corrected chi connectivity index (χ4v) is 2.69. The van der Waals surface area contributed by atoms with Crippen LogP contribution >= 0.6 is 0 Å². The van der Waals surface area contributed by atoms with Crippen LogP contribution in [0, 0.1) is 11.8 Å². The second-order valence-corrected chi connectivity index (χ2v) is 5.38. The van der Waals surface area contributed by atoms with Crippen LogP contribution in [0.15, 0.2) is 0 Å². The van der Waals surface area contributed by atoms with Gasteiger partial charge in [-0.15, -0.1) is 0 Å². The van der Waals surface area contributed by atoms with E-state index in [1.807, 2.05) is 0 Å². The third kappa shape index (κ3) is 3.96. The number of ether oxygens (including phenoxy) is 1. The number of rotatable bonds is 5. The molecule has 3 atom stereocenters. The summed E-state index contributed by atoms with van der Waals surface area (Å²) >= 11 is 0. The SMILES string of the molecule is CC(NC(=O)CCC1CCNC1)C1CCOC1. The highest BCUT2D eigenvalue weighted by Gasteiger charge is 2.23. The lowest BCUT2D eigenvalue weighted by Gasteiger charge is -2.19. The Morgan fingerprint density at radius 1 is 1.53 bits per heavy atom. The second-order valence-electron chi connectivity index (χ2n) is 5.38. The molecule has 0 saturated carbocycles. The molecule has 0 aromatic heterocycles. The molecule has 2 rings (SSSR count). The molecule has 0 bridgehead atoms. The molecule has 4 nitrogen and oxygen atoms in total. The molecular formula is C13H24N2O2. The van der Waals surface area contributed by atoms with Crippen molar-refractivity contribution in [3.05, 3.63) is 0 Å². The zero-order chi connectivity index (χ0) is 12.1. The highest BCUT2D eigenvalue weighted by molar-refractivity contribution is 5.76. The maximum atomic E-state index is 11.8. The van der Waals surface area contributed by atoms with Gasteiger partial charge >= 0.3 is 0 Å². The lowest BCUT2D eigenvalue weighted by atomic mass is 9.99. The predicted octanol–water partition coefficient (Wildman–Crippen LogP) is 0.917. The first-order chi connectivity index (χ1) is 8.25. The van der Waals surface area contributed by atoms with Crippen LogP contribution in [0.1, 0.15) is 32.6 Å². The van der Waals surface area contributed by atoms with Gasteiger partial charge in [-0.1, -0.05) is 0 Å². The monoisotopic (exact) mass is 240 g/mol. The zero-order valence-corrected chi connectivity index (χ0v) is 10.7. The van der Waals surface area contributed by atoms with Crippen molar-refractivity contribution < 1.29 is 9.53 Å². The molecule has 2 heterocycles. The second kappa shape index (κ2) is 6.36. The van der Waals surface area contributed by atoms with Crippen molar-refractivity contribution in [2.45, 2.75) is 38.6 Å². The molecule has 0 spiro atoms. The third-order valence-corrected chi connectivity index (χ3v) is 4.00. The Morgan fingerprint density at radius 2 is 2.41 bits per heavy atom. The van der Waals surface area contributed by atoms with E-state index in [0.717, 1.165) is 39.1 Å². The molecular weight excluding hydrogens is 216 g/mol. The Balaban J connectivity index is 1.62. The summed E-state index contributed by atoms with van der Waals surface area (Å²) < 4.78 is 5.34. The van der Waals surface area contributed by atoms with E-state index < -0.39 is 0 Å². The number of hydrogen-bond acceptors (Lipinski definition) is 3. The average molecular weight is 240 g/mol. The first-order valence-corrected chi connectivity index (χ1v) is 6.83. The highest BCUT2D eigenvalue weighted by atomic mass is 16.5. The van der Waals surface area contributed by atoms with Crippen molar-refractivity contribution in [3.8, 4) is 0 Å². The molecule has 2 aliphatic heterocycles. The molecule has 1 amide bonds. The molecule has 0 aromatic carbocycles. The van der Waals surface area contributed by atoms with E-state index in [-0.39, 0.29) is 11.9 Å². The molecule has 0 aliphatic carbocycles. The molecule has 17 heavy (non-hydrogen) atoms. The smallest absolute Gasteiger partial charge is 0.220 e. The summed E-state index contributed by atoms with van der Waals surface area (Å²) in [5, 5.41) is 6.44. The largest absolute Gasteiger partial charge is 0.381 e. The molecule has 2 N–H and O–H groups in total. The molecule has 98 valence electrons. The van der Waals surface area contributed by atoms with E-state index >= 15 is 0 Å². The molecule has 4 heteroatoms. The van der Waals surface area contributed by atoms with Crippen molar-refractivity contribution in [1.82, 2.24) is 10.6 Å². The van der Waals surface area contributed by atoms with Gasteiger partial charge in [0.25, 0.3) is 0 Å². The maximum Gasteiger partial charge on any atom is 0.220 e. The van der Waals surface area contributed by atoms with E-state index in [2.05, 4.69) is 17.6 Å². The van der Waals surface area contributed by atoms with Gasteiger partial charge < -0.3 is 15.4 Å². The van der Waals surface area contributed by atoms with Gasteiger partial charge in [-0.05, 0) is 45.2 Å². The summed E-state index contributed by atoms with van der Waals surface area (Å²) in [6.07, 6.45) is 3.99. The van der Waals surface area contributed by atoms with Crippen LogP contribution < -0.4 is 10.6 Å². The molecule has 2 saturated heterocycles. The van der Waals surface area contributed by atoms with Gasteiger partial charge in [-0.2, -0.15) is 0 Å². The van der Waals surface area contributed by atoms with Crippen LogP contribution in [0.5, 0.6) is 0 Å². The van der Waals surface area contributed by atoms with Crippen LogP contribution in [0.3, 0.4) is 0 Å². The third-order valence-electron chi connectivity index (χ3n) is 4.00. The van der Waals surface area contributed by atoms with Crippen LogP contribution in [0.4, 0.5) is 0 Å². The topological polar surface area (TPSA) is 50.4 Å². The summed E-state index contributed by atoms with van der Waals surface area (Å²) in [6.45, 7) is 5.93. The first kappa shape index (κ1) is 12.8. The van der Waals surface area contributed by atoms with Crippen molar-refractivity contribution in [2.24, 2.45) is 11.8 Å². The molecule has 3 unspecified atom stereocenters. The molecule has 0 radical (unpaired) electrons. The van der Waals surface area contributed by atoms with Crippen LogP contribution in [0.25, 0.3) is 0 Å². The fraction of sp³-hybridized carbons (Fsp3) is 0.923. The Hall–Kier alpha value is -0.610. The lowest BCUT2D eigenvalue weighted by Crippen LogP contribution is -2.38. The summed E-state index contributed by atoms with van der Waals surface area (Å²) in [6, 6.07) is 0.256. The van der Waals surface area contributed by atoms with E-state index in [4.69, 9.17) is 4.74 Å². The Labute approximate surface area is 103 Å². The van der Waals surface area contributed by atoms with Gasteiger partial charge in [0.05, 0.1) is 6.61 Å². The van der Waals surface area contributed by atoms with Gasteiger partial charge in [-0.3, -0.25) is 4.79 Å². The van der Waals surface area contributed by atoms with Gasteiger partial charge in [0, 0.05) is 25.0 Å².